The maximum absolute atomic E-state index is 12.9. The summed E-state index contributed by atoms with van der Waals surface area (Å²) < 4.78 is 40.6. The fourth-order valence-corrected chi connectivity index (χ4v) is 3.77. The Morgan fingerprint density at radius 2 is 1.93 bits per heavy atom. The molecule has 0 fully saturated rings. The van der Waals surface area contributed by atoms with E-state index in [1.54, 1.807) is 6.20 Å². The van der Waals surface area contributed by atoms with Gasteiger partial charge in [0.05, 0.1) is 17.3 Å². The summed E-state index contributed by atoms with van der Waals surface area (Å²) in [6, 6.07) is 7.17. The summed E-state index contributed by atoms with van der Waals surface area (Å²) in [6.07, 6.45) is -1.15. The van der Waals surface area contributed by atoms with E-state index in [-0.39, 0.29) is 6.04 Å². The highest BCUT2D eigenvalue weighted by Crippen LogP contribution is 2.37. The zero-order chi connectivity index (χ0) is 19.5. The molecule has 1 unspecified atom stereocenters. The van der Waals surface area contributed by atoms with Crippen LogP contribution in [-0.4, -0.2) is 29.9 Å². The van der Waals surface area contributed by atoms with Crippen molar-refractivity contribution in [3.63, 3.8) is 0 Å². The molecule has 4 aromatic rings. The first-order valence-electron chi connectivity index (χ1n) is 8.84. The number of aryl methyl sites for hydroxylation is 2. The third-order valence-corrected chi connectivity index (χ3v) is 5.21. The Kier molecular flexibility index (Phi) is 3.55. The highest BCUT2D eigenvalue weighted by Gasteiger charge is 2.32. The molecule has 1 aromatic carbocycles. The lowest BCUT2D eigenvalue weighted by atomic mass is 10.0. The van der Waals surface area contributed by atoms with Gasteiger partial charge in [-0.05, 0) is 37.1 Å². The van der Waals surface area contributed by atoms with Crippen molar-refractivity contribution in [2.45, 2.75) is 32.0 Å². The summed E-state index contributed by atoms with van der Waals surface area (Å²) in [5.74, 6) is 1.48. The van der Waals surface area contributed by atoms with Crippen LogP contribution in [0, 0.1) is 6.92 Å². The number of nitrogens with one attached hydrogen (secondary N) is 1. The summed E-state index contributed by atoms with van der Waals surface area (Å²) in [5, 5.41) is 16.5. The van der Waals surface area contributed by atoms with Crippen molar-refractivity contribution in [3.05, 3.63) is 59.2 Å². The van der Waals surface area contributed by atoms with Gasteiger partial charge in [-0.2, -0.15) is 18.3 Å². The zero-order valence-electron chi connectivity index (χ0n) is 14.8. The topological polar surface area (TPSA) is 72.3 Å². The van der Waals surface area contributed by atoms with E-state index in [0.29, 0.717) is 11.5 Å². The summed E-state index contributed by atoms with van der Waals surface area (Å²) in [5.41, 5.74) is 2.49. The van der Waals surface area contributed by atoms with Crippen molar-refractivity contribution in [2.75, 3.05) is 0 Å². The van der Waals surface area contributed by atoms with Gasteiger partial charge < -0.3 is 4.57 Å². The number of aromatic amines is 1. The van der Waals surface area contributed by atoms with Gasteiger partial charge >= 0.3 is 6.18 Å². The molecule has 28 heavy (non-hydrogen) atoms. The van der Waals surface area contributed by atoms with Gasteiger partial charge in [-0.3, -0.25) is 5.10 Å². The van der Waals surface area contributed by atoms with Crippen LogP contribution in [0.15, 0.2) is 36.5 Å². The average Bonchev–Trinajstić information content (AvgIpc) is 3.36. The number of hydrogen-bond donors (Lipinski definition) is 1. The summed E-state index contributed by atoms with van der Waals surface area (Å²) >= 11 is 0. The van der Waals surface area contributed by atoms with Crippen molar-refractivity contribution < 1.29 is 13.2 Å². The van der Waals surface area contributed by atoms with Gasteiger partial charge in [-0.1, -0.05) is 12.1 Å². The maximum atomic E-state index is 12.9. The van der Waals surface area contributed by atoms with E-state index < -0.39 is 11.7 Å². The number of nitrogens with zero attached hydrogens (tertiary/aromatic N) is 5. The predicted molar refractivity (Wildman–Crippen MR) is 95.5 cm³/mol. The Morgan fingerprint density at radius 1 is 1.14 bits per heavy atom. The Bertz CT molecular complexity index is 1170. The van der Waals surface area contributed by atoms with E-state index in [1.807, 2.05) is 17.6 Å². The third kappa shape index (κ3) is 2.57. The van der Waals surface area contributed by atoms with Crippen LogP contribution >= 0.6 is 0 Å². The number of H-pyrrole nitrogens is 1. The number of halogens is 3. The number of pyridine rings is 1. The molecule has 0 bridgehead atoms. The molecule has 1 atom stereocenters. The van der Waals surface area contributed by atoms with E-state index in [0.717, 1.165) is 53.0 Å². The first kappa shape index (κ1) is 16.9. The number of rotatable bonds is 2. The van der Waals surface area contributed by atoms with E-state index in [1.165, 1.54) is 12.1 Å². The number of hydrogen-bond acceptors (Lipinski definition) is 4. The predicted octanol–water partition coefficient (Wildman–Crippen LogP) is 4.08. The minimum Gasteiger partial charge on any atom is -0.303 e. The van der Waals surface area contributed by atoms with Gasteiger partial charge in [0.15, 0.2) is 11.5 Å². The van der Waals surface area contributed by atoms with Crippen LogP contribution in [0.2, 0.25) is 0 Å². The molecule has 0 aliphatic carbocycles. The van der Waals surface area contributed by atoms with E-state index in [9.17, 15) is 13.2 Å². The van der Waals surface area contributed by atoms with Gasteiger partial charge in [0.25, 0.3) is 0 Å². The summed E-state index contributed by atoms with van der Waals surface area (Å²) in [6.45, 7) is 1.89. The zero-order valence-corrected chi connectivity index (χ0v) is 14.8. The van der Waals surface area contributed by atoms with Crippen molar-refractivity contribution in [2.24, 2.45) is 0 Å². The molecule has 0 radical (unpaired) electrons. The summed E-state index contributed by atoms with van der Waals surface area (Å²) in [7, 11) is 0. The van der Waals surface area contributed by atoms with Gasteiger partial charge in [-0.15, -0.1) is 10.2 Å². The number of alkyl halides is 3. The number of benzene rings is 1. The molecule has 142 valence electrons. The van der Waals surface area contributed by atoms with Crippen molar-refractivity contribution in [1.82, 2.24) is 29.9 Å². The Morgan fingerprint density at radius 3 is 2.68 bits per heavy atom. The smallest absolute Gasteiger partial charge is 0.303 e. The molecule has 0 amide bonds. The largest absolute Gasteiger partial charge is 0.416 e. The SMILES string of the molecule is Cc1n[nH]c2ncc(-c3nnc4n3C(c3ccc(C(F)(F)F)cc3)CC4)cc12. The molecule has 1 aliphatic heterocycles. The second-order valence-electron chi connectivity index (χ2n) is 6.91. The second kappa shape index (κ2) is 5.88. The van der Waals surface area contributed by atoms with Crippen molar-refractivity contribution in [3.8, 4) is 11.4 Å². The third-order valence-electron chi connectivity index (χ3n) is 5.21. The molecule has 0 saturated heterocycles. The minimum absolute atomic E-state index is 0.108. The fraction of sp³-hybridized carbons (Fsp3) is 0.263. The minimum atomic E-state index is -4.34. The van der Waals surface area contributed by atoms with Crippen LogP contribution < -0.4 is 0 Å². The molecule has 0 saturated carbocycles. The van der Waals surface area contributed by atoms with Crippen LogP contribution in [0.4, 0.5) is 13.2 Å². The lowest BCUT2D eigenvalue weighted by Crippen LogP contribution is -2.09. The molecule has 3 aromatic heterocycles. The maximum Gasteiger partial charge on any atom is 0.416 e. The highest BCUT2D eigenvalue weighted by atomic mass is 19.4. The van der Waals surface area contributed by atoms with Gasteiger partial charge in [0.1, 0.15) is 5.82 Å². The lowest BCUT2D eigenvalue weighted by Gasteiger charge is -2.17. The summed E-state index contributed by atoms with van der Waals surface area (Å²) in [4.78, 5) is 4.40. The molecular weight excluding hydrogens is 369 g/mol. The Hall–Kier alpha value is -3.23. The molecule has 1 N–H and O–H groups in total. The second-order valence-corrected chi connectivity index (χ2v) is 6.91. The van der Waals surface area contributed by atoms with Crippen molar-refractivity contribution in [1.29, 1.82) is 0 Å². The van der Waals surface area contributed by atoms with Crippen LogP contribution in [0.25, 0.3) is 22.4 Å². The van der Waals surface area contributed by atoms with Gasteiger partial charge in [0, 0.05) is 23.6 Å². The first-order valence-corrected chi connectivity index (χ1v) is 8.84. The quantitative estimate of drug-likeness (QED) is 0.565. The van der Waals surface area contributed by atoms with E-state index >= 15 is 0 Å². The van der Waals surface area contributed by atoms with Gasteiger partial charge in [-0.25, -0.2) is 4.98 Å². The van der Waals surface area contributed by atoms with Crippen LogP contribution in [0.5, 0.6) is 0 Å². The molecule has 0 spiro atoms. The van der Waals surface area contributed by atoms with E-state index in [2.05, 4.69) is 25.4 Å². The standard InChI is InChI=1S/C19H15F3N6/c1-10-14-8-12(9-23-17(14)26-24-10)18-27-25-16-7-6-15(28(16)18)11-2-4-13(5-3-11)19(20,21)22/h2-5,8-9,15H,6-7H2,1H3,(H,23,24,26). The Labute approximate surface area is 157 Å². The normalized spacial score (nSPS) is 16.6. The molecule has 4 heterocycles. The lowest BCUT2D eigenvalue weighted by molar-refractivity contribution is -0.137. The number of fused-ring (bicyclic) bond motifs is 2. The fourth-order valence-electron chi connectivity index (χ4n) is 3.77. The van der Waals surface area contributed by atoms with E-state index in [4.69, 9.17) is 0 Å². The number of aromatic nitrogens is 6. The van der Waals surface area contributed by atoms with Crippen LogP contribution in [0.3, 0.4) is 0 Å². The molecule has 5 rings (SSSR count). The van der Waals surface area contributed by atoms with Crippen molar-refractivity contribution >= 4 is 11.0 Å². The van der Waals surface area contributed by atoms with Crippen LogP contribution in [-0.2, 0) is 12.6 Å². The van der Waals surface area contributed by atoms with Crippen LogP contribution in [0.1, 0.15) is 35.1 Å². The van der Waals surface area contributed by atoms with Gasteiger partial charge in [0.2, 0.25) is 0 Å². The molecule has 6 nitrogen and oxygen atoms in total. The average molecular weight is 384 g/mol. The molecule has 9 heteroatoms. The molecular formula is C19H15F3N6. The first-order chi connectivity index (χ1) is 13.4. The molecule has 1 aliphatic rings. The monoisotopic (exact) mass is 384 g/mol. The highest BCUT2D eigenvalue weighted by molar-refractivity contribution is 5.81. The Balaban J connectivity index is 1.57.